The highest BCUT2D eigenvalue weighted by Crippen LogP contribution is 2.27. The minimum Gasteiger partial charge on any atom is -0.302 e. The van der Waals surface area contributed by atoms with Crippen molar-refractivity contribution in [3.05, 3.63) is 94.5 Å². The summed E-state index contributed by atoms with van der Waals surface area (Å²) < 4.78 is 0. The zero-order valence-corrected chi connectivity index (χ0v) is 17.2. The normalized spacial score (nSPS) is 13.0. The molecule has 2 heterocycles. The third-order valence-electron chi connectivity index (χ3n) is 5.22. The van der Waals surface area contributed by atoms with E-state index in [4.69, 9.17) is 0 Å². The fraction of sp³-hybridized carbons (Fsp3) is 0.0833. The number of imide groups is 1. The Kier molecular flexibility index (Phi) is 4.80. The smallest absolute Gasteiger partial charge is 0.261 e. The molecule has 1 aromatic heterocycles. The topological polar surface area (TPSA) is 79.4 Å². The first-order valence-electron chi connectivity index (χ1n) is 9.76. The lowest BCUT2D eigenvalue weighted by atomic mass is 10.0. The molecule has 5 rings (SSSR count). The molecule has 0 saturated carbocycles. The number of hydrogen-bond donors (Lipinski definition) is 1. The summed E-state index contributed by atoms with van der Waals surface area (Å²) >= 11 is 1.26. The van der Waals surface area contributed by atoms with Gasteiger partial charge in [-0.15, -0.1) is 0 Å². The highest BCUT2D eigenvalue weighted by molar-refractivity contribution is 7.15. The molecule has 0 fully saturated rings. The van der Waals surface area contributed by atoms with Crippen LogP contribution in [0, 0.1) is 0 Å². The van der Waals surface area contributed by atoms with Crippen molar-refractivity contribution in [3.8, 4) is 0 Å². The molecule has 1 aliphatic heterocycles. The number of thiazole rings is 1. The summed E-state index contributed by atoms with van der Waals surface area (Å²) in [5.41, 5.74) is 1.78. The Morgan fingerprint density at radius 3 is 2.35 bits per heavy atom. The van der Waals surface area contributed by atoms with Gasteiger partial charge < -0.3 is 5.32 Å². The maximum Gasteiger partial charge on any atom is 0.261 e. The Bertz CT molecular complexity index is 1300. The van der Waals surface area contributed by atoms with Crippen molar-refractivity contribution >= 4 is 45.0 Å². The molecule has 0 unspecified atom stereocenters. The van der Waals surface area contributed by atoms with Gasteiger partial charge in [-0.05, 0) is 28.5 Å². The SMILES string of the molecule is O=C(Cc1cccc2ccccc12)Nc1ncc(CN2C(=O)c3ccccc3C2=O)s1. The Morgan fingerprint density at radius 2 is 1.58 bits per heavy atom. The average molecular weight is 427 g/mol. The number of carbonyl (C=O) groups excluding carboxylic acids is 3. The number of benzene rings is 3. The van der Waals surface area contributed by atoms with E-state index in [9.17, 15) is 14.4 Å². The van der Waals surface area contributed by atoms with Gasteiger partial charge in [0.1, 0.15) is 0 Å². The average Bonchev–Trinajstić information content (AvgIpc) is 3.32. The molecule has 0 spiro atoms. The monoisotopic (exact) mass is 427 g/mol. The van der Waals surface area contributed by atoms with Crippen LogP contribution in [-0.4, -0.2) is 27.6 Å². The maximum atomic E-state index is 12.6. The van der Waals surface area contributed by atoms with Gasteiger partial charge in [0.25, 0.3) is 11.8 Å². The third-order valence-corrected chi connectivity index (χ3v) is 6.12. The van der Waals surface area contributed by atoms with Crippen LogP contribution in [0.15, 0.2) is 72.9 Å². The molecule has 3 aromatic carbocycles. The molecule has 0 saturated heterocycles. The molecule has 0 atom stereocenters. The van der Waals surface area contributed by atoms with E-state index in [1.807, 2.05) is 42.5 Å². The zero-order chi connectivity index (χ0) is 21.4. The van der Waals surface area contributed by atoms with Crippen molar-refractivity contribution in [2.24, 2.45) is 0 Å². The van der Waals surface area contributed by atoms with Crippen molar-refractivity contribution in [2.75, 3.05) is 5.32 Å². The summed E-state index contributed by atoms with van der Waals surface area (Å²) in [6.07, 6.45) is 1.82. The quantitative estimate of drug-likeness (QED) is 0.482. The second-order valence-corrected chi connectivity index (χ2v) is 8.35. The lowest BCUT2D eigenvalue weighted by Crippen LogP contribution is -2.28. The zero-order valence-electron chi connectivity index (χ0n) is 16.4. The molecule has 0 aliphatic carbocycles. The van der Waals surface area contributed by atoms with Gasteiger partial charge in [0, 0.05) is 11.1 Å². The van der Waals surface area contributed by atoms with Crippen molar-refractivity contribution in [1.82, 2.24) is 9.88 Å². The van der Waals surface area contributed by atoms with Crippen LogP contribution in [0.25, 0.3) is 10.8 Å². The van der Waals surface area contributed by atoms with E-state index >= 15 is 0 Å². The van der Waals surface area contributed by atoms with E-state index in [-0.39, 0.29) is 30.7 Å². The molecule has 1 N–H and O–H groups in total. The van der Waals surface area contributed by atoms with Crippen LogP contribution in [-0.2, 0) is 17.8 Å². The Balaban J connectivity index is 1.27. The Labute approximate surface area is 182 Å². The first-order valence-corrected chi connectivity index (χ1v) is 10.6. The van der Waals surface area contributed by atoms with E-state index in [1.54, 1.807) is 30.5 Å². The van der Waals surface area contributed by atoms with Crippen LogP contribution in [0.3, 0.4) is 0 Å². The molecular weight excluding hydrogens is 410 g/mol. The molecule has 3 amide bonds. The summed E-state index contributed by atoms with van der Waals surface area (Å²) in [6, 6.07) is 20.6. The summed E-state index contributed by atoms with van der Waals surface area (Å²) in [6.45, 7) is 0.128. The van der Waals surface area contributed by atoms with Crippen LogP contribution in [0.4, 0.5) is 5.13 Å². The van der Waals surface area contributed by atoms with E-state index in [2.05, 4.69) is 10.3 Å². The van der Waals surface area contributed by atoms with Gasteiger partial charge in [-0.1, -0.05) is 65.9 Å². The summed E-state index contributed by atoms with van der Waals surface area (Å²) in [7, 11) is 0. The van der Waals surface area contributed by atoms with Crippen molar-refractivity contribution in [3.63, 3.8) is 0 Å². The number of anilines is 1. The molecule has 7 heteroatoms. The van der Waals surface area contributed by atoms with Crippen LogP contribution in [0.1, 0.15) is 31.2 Å². The van der Waals surface area contributed by atoms with Gasteiger partial charge in [-0.2, -0.15) is 0 Å². The predicted molar refractivity (Wildman–Crippen MR) is 119 cm³/mol. The van der Waals surface area contributed by atoms with E-state index in [0.717, 1.165) is 21.2 Å². The van der Waals surface area contributed by atoms with Gasteiger partial charge in [0.15, 0.2) is 5.13 Å². The number of fused-ring (bicyclic) bond motifs is 2. The van der Waals surface area contributed by atoms with Gasteiger partial charge >= 0.3 is 0 Å². The molecule has 1 aliphatic rings. The number of aromatic nitrogens is 1. The number of nitrogens with zero attached hydrogens (tertiary/aromatic N) is 2. The summed E-state index contributed by atoms with van der Waals surface area (Å²) in [5, 5.41) is 5.40. The number of rotatable bonds is 5. The molecular formula is C24H17N3O3S. The van der Waals surface area contributed by atoms with Crippen molar-refractivity contribution < 1.29 is 14.4 Å². The van der Waals surface area contributed by atoms with Crippen molar-refractivity contribution in [2.45, 2.75) is 13.0 Å². The first kappa shape index (κ1) is 19.1. The van der Waals surface area contributed by atoms with E-state index in [0.29, 0.717) is 16.3 Å². The van der Waals surface area contributed by atoms with Gasteiger partial charge in [0.05, 0.1) is 24.1 Å². The third kappa shape index (κ3) is 3.60. The molecule has 6 nitrogen and oxygen atoms in total. The number of hydrogen-bond acceptors (Lipinski definition) is 5. The molecule has 0 bridgehead atoms. The lowest BCUT2D eigenvalue weighted by Gasteiger charge is -2.11. The second kappa shape index (κ2) is 7.77. The predicted octanol–water partition coefficient (Wildman–Crippen LogP) is 4.27. The highest BCUT2D eigenvalue weighted by atomic mass is 32.1. The molecule has 4 aromatic rings. The molecule has 0 radical (unpaired) electrons. The highest BCUT2D eigenvalue weighted by Gasteiger charge is 2.35. The first-order chi connectivity index (χ1) is 15.1. The van der Waals surface area contributed by atoms with Crippen LogP contribution in [0.5, 0.6) is 0 Å². The Hall–Kier alpha value is -3.84. The minimum absolute atomic E-state index is 0.128. The summed E-state index contributed by atoms with van der Waals surface area (Å²) in [4.78, 5) is 43.8. The number of amides is 3. The lowest BCUT2D eigenvalue weighted by molar-refractivity contribution is -0.115. The van der Waals surface area contributed by atoms with Crippen LogP contribution in [0.2, 0.25) is 0 Å². The largest absolute Gasteiger partial charge is 0.302 e. The fourth-order valence-corrected chi connectivity index (χ4v) is 4.58. The molecule has 31 heavy (non-hydrogen) atoms. The van der Waals surface area contributed by atoms with E-state index < -0.39 is 0 Å². The number of carbonyl (C=O) groups is 3. The maximum absolute atomic E-state index is 12.6. The van der Waals surface area contributed by atoms with Gasteiger partial charge in [0.2, 0.25) is 5.91 Å². The van der Waals surface area contributed by atoms with Crippen LogP contribution < -0.4 is 5.32 Å². The van der Waals surface area contributed by atoms with E-state index in [1.165, 1.54) is 16.2 Å². The van der Waals surface area contributed by atoms with Crippen LogP contribution >= 0.6 is 11.3 Å². The molecule has 152 valence electrons. The van der Waals surface area contributed by atoms with Gasteiger partial charge in [-0.25, -0.2) is 4.98 Å². The standard InChI is InChI=1S/C24H17N3O3S/c28-21(12-16-8-5-7-15-6-1-2-9-18(15)16)26-24-25-13-17(31-24)14-27-22(29)19-10-3-4-11-20(19)23(27)30/h1-11,13H,12,14H2,(H,25,26,28). The van der Waals surface area contributed by atoms with Gasteiger partial charge in [-0.3, -0.25) is 19.3 Å². The van der Waals surface area contributed by atoms with Crippen molar-refractivity contribution in [1.29, 1.82) is 0 Å². The second-order valence-electron chi connectivity index (χ2n) is 7.24. The Morgan fingerprint density at radius 1 is 0.903 bits per heavy atom. The number of nitrogens with one attached hydrogen (secondary N) is 1. The summed E-state index contributed by atoms with van der Waals surface area (Å²) in [5.74, 6) is -0.788. The minimum atomic E-state index is -0.310. The fourth-order valence-electron chi connectivity index (χ4n) is 3.76.